The van der Waals surface area contributed by atoms with Gasteiger partial charge >= 0.3 is 0 Å². The number of benzene rings is 1. The van der Waals surface area contributed by atoms with Gasteiger partial charge in [-0.3, -0.25) is 0 Å². The zero-order chi connectivity index (χ0) is 10.0. The molecule has 0 aliphatic carbocycles. The SMILES string of the molecule is Cc1ccc(Cl)c(C)c1CC(C)C. The van der Waals surface area contributed by atoms with E-state index >= 15 is 0 Å². The van der Waals surface area contributed by atoms with E-state index in [1.165, 1.54) is 16.7 Å². The topological polar surface area (TPSA) is 0 Å². The summed E-state index contributed by atoms with van der Waals surface area (Å²) in [5.41, 5.74) is 4.02. The number of hydrogen-bond donors (Lipinski definition) is 0. The normalized spacial score (nSPS) is 10.9. The van der Waals surface area contributed by atoms with Crippen molar-refractivity contribution in [1.82, 2.24) is 0 Å². The second-order valence-electron chi connectivity index (χ2n) is 4.07. The number of rotatable bonds is 2. The van der Waals surface area contributed by atoms with E-state index in [-0.39, 0.29) is 0 Å². The fourth-order valence-electron chi connectivity index (χ4n) is 1.59. The highest BCUT2D eigenvalue weighted by Gasteiger charge is 2.07. The fourth-order valence-corrected chi connectivity index (χ4v) is 1.76. The Morgan fingerprint density at radius 3 is 2.38 bits per heavy atom. The van der Waals surface area contributed by atoms with Crippen LogP contribution < -0.4 is 0 Å². The molecule has 0 aliphatic heterocycles. The molecular formula is C12H17Cl. The van der Waals surface area contributed by atoms with Crippen molar-refractivity contribution in [3.05, 3.63) is 33.8 Å². The maximum atomic E-state index is 6.07. The van der Waals surface area contributed by atoms with E-state index in [9.17, 15) is 0 Å². The van der Waals surface area contributed by atoms with E-state index in [4.69, 9.17) is 11.6 Å². The molecule has 0 fully saturated rings. The van der Waals surface area contributed by atoms with Crippen molar-refractivity contribution in [2.75, 3.05) is 0 Å². The van der Waals surface area contributed by atoms with E-state index in [0.717, 1.165) is 11.4 Å². The van der Waals surface area contributed by atoms with Crippen LogP contribution in [0.3, 0.4) is 0 Å². The van der Waals surface area contributed by atoms with Gasteiger partial charge in [0.2, 0.25) is 0 Å². The lowest BCUT2D eigenvalue weighted by Gasteiger charge is -2.13. The monoisotopic (exact) mass is 196 g/mol. The average molecular weight is 197 g/mol. The van der Waals surface area contributed by atoms with E-state index in [1.807, 2.05) is 6.07 Å². The highest BCUT2D eigenvalue weighted by molar-refractivity contribution is 6.31. The summed E-state index contributed by atoms with van der Waals surface area (Å²) in [6, 6.07) is 4.09. The third-order valence-corrected chi connectivity index (χ3v) is 2.79. The van der Waals surface area contributed by atoms with Gasteiger partial charge in [0.15, 0.2) is 0 Å². The Bertz CT molecular complexity index is 300. The van der Waals surface area contributed by atoms with Crippen LogP contribution in [0, 0.1) is 19.8 Å². The molecule has 1 aromatic rings. The van der Waals surface area contributed by atoms with Crippen molar-refractivity contribution < 1.29 is 0 Å². The fraction of sp³-hybridized carbons (Fsp3) is 0.500. The van der Waals surface area contributed by atoms with Crippen molar-refractivity contribution in [3.8, 4) is 0 Å². The number of halogens is 1. The summed E-state index contributed by atoms with van der Waals surface area (Å²) in [4.78, 5) is 0. The molecule has 0 nitrogen and oxygen atoms in total. The highest BCUT2D eigenvalue weighted by Crippen LogP contribution is 2.24. The van der Waals surface area contributed by atoms with Crippen molar-refractivity contribution in [2.24, 2.45) is 5.92 Å². The first-order chi connectivity index (χ1) is 6.02. The number of hydrogen-bond acceptors (Lipinski definition) is 0. The second-order valence-corrected chi connectivity index (χ2v) is 4.47. The Morgan fingerprint density at radius 1 is 1.23 bits per heavy atom. The van der Waals surface area contributed by atoms with Crippen LogP contribution in [-0.2, 0) is 6.42 Å². The van der Waals surface area contributed by atoms with Crippen LogP contribution in [0.2, 0.25) is 5.02 Å². The molecule has 72 valence electrons. The number of aryl methyl sites for hydroxylation is 1. The Morgan fingerprint density at radius 2 is 1.85 bits per heavy atom. The Kier molecular flexibility index (Phi) is 3.38. The van der Waals surface area contributed by atoms with Crippen molar-refractivity contribution in [3.63, 3.8) is 0 Å². The summed E-state index contributed by atoms with van der Waals surface area (Å²) in [7, 11) is 0. The Balaban J connectivity index is 3.10. The lowest BCUT2D eigenvalue weighted by molar-refractivity contribution is 0.642. The predicted molar refractivity (Wildman–Crippen MR) is 59.5 cm³/mol. The molecule has 0 bridgehead atoms. The quantitative estimate of drug-likeness (QED) is 0.667. The first kappa shape index (κ1) is 10.6. The first-order valence-electron chi connectivity index (χ1n) is 4.77. The van der Waals surface area contributed by atoms with E-state index in [1.54, 1.807) is 0 Å². The van der Waals surface area contributed by atoms with Gasteiger partial charge in [0.05, 0.1) is 0 Å². The molecule has 0 heterocycles. The van der Waals surface area contributed by atoms with E-state index in [2.05, 4.69) is 33.8 Å². The molecule has 0 saturated carbocycles. The molecule has 0 unspecified atom stereocenters. The molecule has 0 atom stereocenters. The van der Waals surface area contributed by atoms with Crippen LogP contribution in [0.15, 0.2) is 12.1 Å². The minimum absolute atomic E-state index is 0.691. The zero-order valence-electron chi connectivity index (χ0n) is 8.82. The smallest absolute Gasteiger partial charge is 0.0438 e. The van der Waals surface area contributed by atoms with Crippen molar-refractivity contribution in [2.45, 2.75) is 34.1 Å². The second kappa shape index (κ2) is 4.15. The van der Waals surface area contributed by atoms with Gasteiger partial charge in [-0.1, -0.05) is 31.5 Å². The summed E-state index contributed by atoms with van der Waals surface area (Å²) in [5, 5.41) is 0.890. The van der Waals surface area contributed by atoms with Crippen LogP contribution in [0.4, 0.5) is 0 Å². The molecule has 0 radical (unpaired) electrons. The molecule has 1 rings (SSSR count). The third kappa shape index (κ3) is 2.47. The molecule has 0 spiro atoms. The van der Waals surface area contributed by atoms with Gasteiger partial charge in [-0.15, -0.1) is 0 Å². The minimum atomic E-state index is 0.691. The maximum absolute atomic E-state index is 6.07. The lowest BCUT2D eigenvalue weighted by Crippen LogP contribution is -2.00. The van der Waals surface area contributed by atoms with Gasteiger partial charge in [-0.25, -0.2) is 0 Å². The van der Waals surface area contributed by atoms with Crippen LogP contribution in [-0.4, -0.2) is 0 Å². The van der Waals surface area contributed by atoms with Gasteiger partial charge in [-0.05, 0) is 48.9 Å². The van der Waals surface area contributed by atoms with Gasteiger partial charge < -0.3 is 0 Å². The van der Waals surface area contributed by atoms with Crippen LogP contribution in [0.25, 0.3) is 0 Å². The molecule has 1 aromatic carbocycles. The van der Waals surface area contributed by atoms with Crippen LogP contribution >= 0.6 is 11.6 Å². The third-order valence-electron chi connectivity index (χ3n) is 2.38. The van der Waals surface area contributed by atoms with Gasteiger partial charge in [0, 0.05) is 5.02 Å². The molecular weight excluding hydrogens is 180 g/mol. The van der Waals surface area contributed by atoms with Gasteiger partial charge in [0.1, 0.15) is 0 Å². The molecule has 13 heavy (non-hydrogen) atoms. The Hall–Kier alpha value is -0.490. The molecule has 0 aromatic heterocycles. The standard InChI is InChI=1S/C12H17Cl/c1-8(2)7-11-9(3)5-6-12(13)10(11)4/h5-6,8H,7H2,1-4H3. The summed E-state index contributed by atoms with van der Waals surface area (Å²) in [6.45, 7) is 8.73. The molecule has 0 aliphatic rings. The minimum Gasteiger partial charge on any atom is -0.0840 e. The molecule has 0 N–H and O–H groups in total. The largest absolute Gasteiger partial charge is 0.0840 e. The average Bonchev–Trinajstić information content (AvgIpc) is 2.05. The van der Waals surface area contributed by atoms with E-state index in [0.29, 0.717) is 5.92 Å². The summed E-state index contributed by atoms with van der Waals surface area (Å²) in [5.74, 6) is 0.691. The first-order valence-corrected chi connectivity index (χ1v) is 5.14. The van der Waals surface area contributed by atoms with Gasteiger partial charge in [0.25, 0.3) is 0 Å². The maximum Gasteiger partial charge on any atom is 0.0438 e. The summed E-state index contributed by atoms with van der Waals surface area (Å²) < 4.78 is 0. The predicted octanol–water partition coefficient (Wildman–Crippen LogP) is 4.16. The van der Waals surface area contributed by atoms with E-state index < -0.39 is 0 Å². The summed E-state index contributed by atoms with van der Waals surface area (Å²) in [6.07, 6.45) is 1.12. The van der Waals surface area contributed by atoms with Gasteiger partial charge in [-0.2, -0.15) is 0 Å². The summed E-state index contributed by atoms with van der Waals surface area (Å²) >= 11 is 6.07. The van der Waals surface area contributed by atoms with Crippen molar-refractivity contribution in [1.29, 1.82) is 0 Å². The lowest BCUT2D eigenvalue weighted by atomic mass is 9.95. The molecule has 1 heteroatoms. The highest BCUT2D eigenvalue weighted by atomic mass is 35.5. The van der Waals surface area contributed by atoms with Crippen LogP contribution in [0.1, 0.15) is 30.5 Å². The molecule has 0 saturated heterocycles. The van der Waals surface area contributed by atoms with Crippen LogP contribution in [0.5, 0.6) is 0 Å². The Labute approximate surface area is 85.9 Å². The zero-order valence-corrected chi connectivity index (χ0v) is 9.57. The van der Waals surface area contributed by atoms with Crippen molar-refractivity contribution >= 4 is 11.6 Å². The molecule has 0 amide bonds.